The van der Waals surface area contributed by atoms with Gasteiger partial charge in [-0.25, -0.2) is 22.8 Å². The van der Waals surface area contributed by atoms with Gasteiger partial charge in [-0.2, -0.15) is 8.78 Å². The lowest BCUT2D eigenvalue weighted by Crippen LogP contribution is -2.47. The molecule has 0 aliphatic carbocycles. The number of carbonyl (C=O) groups is 3. The molecule has 3 N–H and O–H groups in total. The molecule has 2 amide bonds. The largest absolute Gasteiger partial charge is 0.444 e. The molecule has 1 atom stereocenters. The highest BCUT2D eigenvalue weighted by atomic mass is 19.2. The van der Waals surface area contributed by atoms with Crippen LogP contribution in [-0.2, 0) is 14.3 Å². The Hall–Kier alpha value is -2.92. The van der Waals surface area contributed by atoms with Gasteiger partial charge < -0.3 is 20.5 Å². The Morgan fingerprint density at radius 1 is 0.963 bits per heavy atom. The van der Waals surface area contributed by atoms with Crippen LogP contribution in [0.2, 0.25) is 0 Å². The van der Waals surface area contributed by atoms with E-state index in [1.807, 2.05) is 5.32 Å². The maximum absolute atomic E-state index is 13.6. The number of benzene rings is 1. The van der Waals surface area contributed by atoms with E-state index >= 15 is 0 Å². The Labute approximate surface area is 149 Å². The topological polar surface area (TPSA) is 108 Å². The molecule has 1 rings (SSSR count). The van der Waals surface area contributed by atoms with Gasteiger partial charge in [0.2, 0.25) is 40.7 Å². The van der Waals surface area contributed by atoms with Gasteiger partial charge in [-0.15, -0.1) is 0 Å². The van der Waals surface area contributed by atoms with E-state index in [-0.39, 0.29) is 0 Å². The summed E-state index contributed by atoms with van der Waals surface area (Å²) in [4.78, 5) is 34.7. The first-order chi connectivity index (χ1) is 12.2. The summed E-state index contributed by atoms with van der Waals surface area (Å²) in [5.41, 5.74) is 3.89. The molecule has 0 heterocycles. The molecule has 0 saturated carbocycles. The lowest BCUT2D eigenvalue weighted by molar-refractivity contribution is -0.139. The van der Waals surface area contributed by atoms with Crippen LogP contribution in [0.3, 0.4) is 0 Å². The van der Waals surface area contributed by atoms with Gasteiger partial charge in [-0.05, 0) is 20.8 Å². The maximum Gasteiger partial charge on any atom is 0.408 e. The number of rotatable bonds is 5. The van der Waals surface area contributed by atoms with Crippen LogP contribution in [0.4, 0.5) is 26.7 Å². The van der Waals surface area contributed by atoms with Crippen LogP contribution in [0.25, 0.3) is 0 Å². The van der Waals surface area contributed by atoms with Crippen LogP contribution < -0.4 is 15.8 Å². The summed E-state index contributed by atoms with van der Waals surface area (Å²) in [5, 5.41) is 1.86. The molecule has 27 heavy (non-hydrogen) atoms. The quantitative estimate of drug-likeness (QED) is 0.260. The summed E-state index contributed by atoms with van der Waals surface area (Å²) >= 11 is 0. The first-order valence-electron chi connectivity index (χ1n) is 7.25. The number of nitrogens with one attached hydrogen (secondary N) is 1. The van der Waals surface area contributed by atoms with E-state index in [4.69, 9.17) is 10.5 Å². The highest BCUT2D eigenvalue weighted by Crippen LogP contribution is 2.29. The van der Waals surface area contributed by atoms with Crippen molar-refractivity contribution in [1.82, 2.24) is 5.32 Å². The lowest BCUT2D eigenvalue weighted by Gasteiger charge is -2.22. The molecule has 7 nitrogen and oxygen atoms in total. The van der Waals surface area contributed by atoms with Crippen molar-refractivity contribution in [2.45, 2.75) is 38.8 Å². The van der Waals surface area contributed by atoms with Gasteiger partial charge >= 0.3 is 12.1 Å². The summed E-state index contributed by atoms with van der Waals surface area (Å²) < 4.78 is 75.4. The summed E-state index contributed by atoms with van der Waals surface area (Å²) in [6.45, 7) is 4.43. The standard InChI is InChI=1S/C15H15F5N2O5/c1-15(2,3)27-14(25)22-5(4-6(21)23)13(24)26-12-10(19)8(17)7(16)9(18)11(12)20/h5H,4H2,1-3H3,(H2,21,23)(H,22,25)/t5-/m1/s1. The zero-order valence-electron chi connectivity index (χ0n) is 14.3. The van der Waals surface area contributed by atoms with Crippen molar-refractivity contribution in [1.29, 1.82) is 0 Å². The van der Waals surface area contributed by atoms with Crippen LogP contribution in [-0.4, -0.2) is 29.6 Å². The van der Waals surface area contributed by atoms with E-state index in [2.05, 4.69) is 4.74 Å². The smallest absolute Gasteiger partial charge is 0.408 e. The Morgan fingerprint density at radius 3 is 1.81 bits per heavy atom. The lowest BCUT2D eigenvalue weighted by atomic mass is 10.2. The minimum absolute atomic E-state index is 0.895. The van der Waals surface area contributed by atoms with Crippen molar-refractivity contribution in [2.75, 3.05) is 0 Å². The van der Waals surface area contributed by atoms with Crippen molar-refractivity contribution in [3.8, 4) is 5.75 Å². The SMILES string of the molecule is CC(C)(C)OC(=O)N[C@H](CC(N)=O)C(=O)Oc1c(F)c(F)c(F)c(F)c1F. The minimum atomic E-state index is -2.45. The average Bonchev–Trinajstić information content (AvgIpc) is 2.52. The molecule has 0 aromatic heterocycles. The summed E-state index contributed by atoms with van der Waals surface area (Å²) in [7, 11) is 0. The van der Waals surface area contributed by atoms with Gasteiger partial charge in [0.05, 0.1) is 6.42 Å². The Balaban J connectivity index is 3.11. The predicted octanol–water partition coefficient (Wildman–Crippen LogP) is 2.06. The number of halogens is 5. The van der Waals surface area contributed by atoms with Crippen molar-refractivity contribution in [3.63, 3.8) is 0 Å². The number of hydrogen-bond acceptors (Lipinski definition) is 5. The fourth-order valence-electron chi connectivity index (χ4n) is 1.69. The molecule has 0 bridgehead atoms. The molecule has 0 spiro atoms. The third kappa shape index (κ3) is 5.79. The highest BCUT2D eigenvalue weighted by molar-refractivity contribution is 5.88. The Morgan fingerprint density at radius 2 is 1.41 bits per heavy atom. The van der Waals surface area contributed by atoms with E-state index in [1.54, 1.807) is 0 Å². The minimum Gasteiger partial charge on any atom is -0.444 e. The van der Waals surface area contributed by atoms with E-state index in [0.717, 1.165) is 0 Å². The number of amides is 2. The molecule has 150 valence electrons. The number of ether oxygens (including phenoxy) is 2. The zero-order valence-corrected chi connectivity index (χ0v) is 14.3. The van der Waals surface area contributed by atoms with Gasteiger partial charge in [-0.1, -0.05) is 0 Å². The van der Waals surface area contributed by atoms with Crippen LogP contribution in [0.15, 0.2) is 0 Å². The molecule has 1 aromatic carbocycles. The van der Waals surface area contributed by atoms with Gasteiger partial charge in [0.1, 0.15) is 11.6 Å². The van der Waals surface area contributed by atoms with Crippen molar-refractivity contribution >= 4 is 18.0 Å². The second-order valence-corrected chi connectivity index (χ2v) is 6.19. The Kier molecular flexibility index (Phi) is 6.71. The highest BCUT2D eigenvalue weighted by Gasteiger charge is 2.32. The third-order valence-corrected chi connectivity index (χ3v) is 2.75. The molecular formula is C15H15F5N2O5. The fourth-order valence-corrected chi connectivity index (χ4v) is 1.69. The molecule has 1 aromatic rings. The molecular weight excluding hydrogens is 383 g/mol. The van der Waals surface area contributed by atoms with E-state index in [1.165, 1.54) is 20.8 Å². The van der Waals surface area contributed by atoms with Gasteiger partial charge in [0.15, 0.2) is 0 Å². The molecule has 0 unspecified atom stereocenters. The summed E-state index contributed by atoms with van der Waals surface area (Å²) in [6, 6.07) is -1.91. The molecule has 0 radical (unpaired) electrons. The van der Waals surface area contributed by atoms with Gasteiger partial charge in [-0.3, -0.25) is 4.79 Å². The van der Waals surface area contributed by atoms with Crippen molar-refractivity contribution in [2.24, 2.45) is 5.73 Å². The summed E-state index contributed by atoms with van der Waals surface area (Å²) in [6.07, 6.45) is -2.11. The Bertz CT molecular complexity index is 750. The number of alkyl carbamates (subject to hydrolysis) is 1. The number of carbonyl (C=O) groups excluding carboxylic acids is 3. The second kappa shape index (κ2) is 8.18. The van der Waals surface area contributed by atoms with Crippen molar-refractivity contribution < 1.29 is 45.8 Å². The average molecular weight is 398 g/mol. The van der Waals surface area contributed by atoms with Crippen LogP contribution >= 0.6 is 0 Å². The number of primary amides is 1. The van der Waals surface area contributed by atoms with E-state index in [0.29, 0.717) is 0 Å². The van der Waals surface area contributed by atoms with Crippen molar-refractivity contribution in [3.05, 3.63) is 29.1 Å². The van der Waals surface area contributed by atoms with Crippen LogP contribution in [0.5, 0.6) is 5.75 Å². The number of esters is 1. The zero-order chi connectivity index (χ0) is 21.1. The van der Waals surface area contributed by atoms with Crippen LogP contribution in [0.1, 0.15) is 27.2 Å². The first kappa shape index (κ1) is 22.1. The molecule has 0 saturated heterocycles. The number of hydrogen-bond donors (Lipinski definition) is 2. The van der Waals surface area contributed by atoms with E-state index in [9.17, 15) is 36.3 Å². The van der Waals surface area contributed by atoms with Crippen LogP contribution in [0, 0.1) is 29.1 Å². The van der Waals surface area contributed by atoms with E-state index < -0.39 is 70.9 Å². The number of nitrogens with two attached hydrogens (primary N) is 1. The fraction of sp³-hybridized carbons (Fsp3) is 0.400. The molecule has 0 aliphatic heterocycles. The maximum atomic E-state index is 13.6. The van der Waals surface area contributed by atoms with Gasteiger partial charge in [0.25, 0.3) is 0 Å². The molecule has 0 aliphatic rings. The second-order valence-electron chi connectivity index (χ2n) is 6.19. The molecule has 12 heteroatoms. The summed E-state index contributed by atoms with van der Waals surface area (Å²) in [5.74, 6) is -16.7. The third-order valence-electron chi connectivity index (χ3n) is 2.75. The normalized spacial score (nSPS) is 12.3. The molecule has 0 fully saturated rings. The van der Waals surface area contributed by atoms with Gasteiger partial charge in [0, 0.05) is 0 Å². The monoisotopic (exact) mass is 398 g/mol. The first-order valence-corrected chi connectivity index (χ1v) is 7.25. The predicted molar refractivity (Wildman–Crippen MR) is 78.8 cm³/mol.